The largest absolute Gasteiger partial charge is 0.493 e. The van der Waals surface area contributed by atoms with E-state index in [-0.39, 0.29) is 0 Å². The van der Waals surface area contributed by atoms with Crippen molar-refractivity contribution in [2.24, 2.45) is 0 Å². The Hall–Kier alpha value is -2.83. The summed E-state index contributed by atoms with van der Waals surface area (Å²) < 4.78 is 12.9. The highest BCUT2D eigenvalue weighted by atomic mass is 16.5. The Labute approximate surface area is 158 Å². The van der Waals surface area contributed by atoms with Crippen molar-refractivity contribution < 1.29 is 9.47 Å². The normalized spacial score (nSPS) is 13.4. The molecule has 1 aliphatic rings. The van der Waals surface area contributed by atoms with Gasteiger partial charge in [-0.15, -0.1) is 5.10 Å². The Morgan fingerprint density at radius 3 is 2.81 bits per heavy atom. The van der Waals surface area contributed by atoms with Crippen molar-refractivity contribution in [1.29, 1.82) is 0 Å². The predicted octanol–water partition coefficient (Wildman–Crippen LogP) is 3.33. The second kappa shape index (κ2) is 7.42. The predicted molar refractivity (Wildman–Crippen MR) is 104 cm³/mol. The minimum atomic E-state index is 0.612. The van der Waals surface area contributed by atoms with Gasteiger partial charge in [-0.2, -0.15) is 9.50 Å². The van der Waals surface area contributed by atoms with Crippen LogP contribution in [-0.4, -0.2) is 33.3 Å². The molecule has 0 spiro atoms. The minimum absolute atomic E-state index is 0.612. The van der Waals surface area contributed by atoms with Crippen molar-refractivity contribution in [2.75, 3.05) is 19.0 Å². The maximum absolute atomic E-state index is 5.60. The standard InChI is InChI=1S/C20H25N5O2/c1-4-27-17-10-9-14(11-18(17)26-3)12-21-19-15-7-5-6-8-16(15)23-20-22-13(2)24-25(19)20/h9-11,21H,4-8,12H2,1-3H3. The highest BCUT2D eigenvalue weighted by Gasteiger charge is 2.20. The molecule has 0 aliphatic heterocycles. The van der Waals surface area contributed by atoms with Crippen LogP contribution in [0.4, 0.5) is 5.82 Å². The lowest BCUT2D eigenvalue weighted by molar-refractivity contribution is 0.310. The van der Waals surface area contributed by atoms with Gasteiger partial charge in [-0.3, -0.25) is 0 Å². The summed E-state index contributed by atoms with van der Waals surface area (Å²) in [5.74, 6) is 3.91. The Balaban J connectivity index is 1.66. The van der Waals surface area contributed by atoms with Gasteiger partial charge in [-0.25, -0.2) is 4.98 Å². The molecular weight excluding hydrogens is 342 g/mol. The third-order valence-electron chi connectivity index (χ3n) is 4.86. The second-order valence-corrected chi connectivity index (χ2v) is 6.74. The van der Waals surface area contributed by atoms with Gasteiger partial charge in [0, 0.05) is 12.1 Å². The third kappa shape index (κ3) is 3.41. The van der Waals surface area contributed by atoms with E-state index in [1.807, 2.05) is 30.5 Å². The molecule has 7 nitrogen and oxygen atoms in total. The molecular formula is C20H25N5O2. The van der Waals surface area contributed by atoms with Crippen molar-refractivity contribution in [3.63, 3.8) is 0 Å². The number of hydrogen-bond acceptors (Lipinski definition) is 6. The molecule has 27 heavy (non-hydrogen) atoms. The molecule has 0 radical (unpaired) electrons. The van der Waals surface area contributed by atoms with E-state index >= 15 is 0 Å². The molecule has 0 amide bonds. The van der Waals surface area contributed by atoms with Gasteiger partial charge in [0.1, 0.15) is 11.6 Å². The molecule has 2 aromatic heterocycles. The van der Waals surface area contributed by atoms with Crippen LogP contribution in [-0.2, 0) is 19.4 Å². The van der Waals surface area contributed by atoms with Gasteiger partial charge in [-0.05, 0) is 57.2 Å². The lowest BCUT2D eigenvalue weighted by Gasteiger charge is -2.20. The van der Waals surface area contributed by atoms with Gasteiger partial charge in [-0.1, -0.05) is 6.07 Å². The van der Waals surface area contributed by atoms with E-state index in [0.717, 1.165) is 47.2 Å². The maximum atomic E-state index is 5.60. The van der Waals surface area contributed by atoms with E-state index < -0.39 is 0 Å². The highest BCUT2D eigenvalue weighted by Crippen LogP contribution is 2.30. The van der Waals surface area contributed by atoms with Crippen molar-refractivity contribution in [3.05, 3.63) is 40.8 Å². The summed E-state index contributed by atoms with van der Waals surface area (Å²) >= 11 is 0. The van der Waals surface area contributed by atoms with Crippen LogP contribution in [0.5, 0.6) is 11.5 Å². The van der Waals surface area contributed by atoms with Crippen molar-refractivity contribution in [1.82, 2.24) is 19.6 Å². The molecule has 142 valence electrons. The number of nitrogens with zero attached hydrogens (tertiary/aromatic N) is 4. The van der Waals surface area contributed by atoms with E-state index in [4.69, 9.17) is 14.5 Å². The SMILES string of the molecule is CCOc1ccc(CNc2c3c(nc4nc(C)nn24)CCCC3)cc1OC. The van der Waals surface area contributed by atoms with Crippen molar-refractivity contribution in [3.8, 4) is 11.5 Å². The molecule has 7 heteroatoms. The molecule has 0 unspecified atom stereocenters. The van der Waals surface area contributed by atoms with Gasteiger partial charge < -0.3 is 14.8 Å². The summed E-state index contributed by atoms with van der Waals surface area (Å²) in [6.07, 6.45) is 4.38. The van der Waals surface area contributed by atoms with E-state index in [2.05, 4.69) is 21.5 Å². The van der Waals surface area contributed by atoms with Crippen molar-refractivity contribution in [2.45, 2.75) is 46.1 Å². The lowest BCUT2D eigenvalue weighted by atomic mass is 9.96. The number of methoxy groups -OCH3 is 1. The Kier molecular flexibility index (Phi) is 4.83. The van der Waals surface area contributed by atoms with Gasteiger partial charge >= 0.3 is 0 Å². The molecule has 3 aromatic rings. The first-order chi connectivity index (χ1) is 13.2. The van der Waals surface area contributed by atoms with Crippen LogP contribution in [0.3, 0.4) is 0 Å². The van der Waals surface area contributed by atoms with Gasteiger partial charge in [0.05, 0.1) is 19.4 Å². The van der Waals surface area contributed by atoms with Crippen molar-refractivity contribution >= 4 is 11.6 Å². The number of nitrogens with one attached hydrogen (secondary N) is 1. The Bertz CT molecular complexity index is 967. The summed E-state index contributed by atoms with van der Waals surface area (Å²) in [5.41, 5.74) is 3.52. The van der Waals surface area contributed by atoms with Crippen LogP contribution in [0.1, 0.15) is 42.4 Å². The van der Waals surface area contributed by atoms with E-state index in [9.17, 15) is 0 Å². The van der Waals surface area contributed by atoms with Gasteiger partial charge in [0.15, 0.2) is 11.5 Å². The fourth-order valence-corrected chi connectivity index (χ4v) is 3.61. The molecule has 0 saturated carbocycles. The number of aryl methyl sites for hydroxylation is 2. The van der Waals surface area contributed by atoms with Gasteiger partial charge in [0.2, 0.25) is 0 Å². The number of hydrogen-bond donors (Lipinski definition) is 1. The minimum Gasteiger partial charge on any atom is -0.493 e. The first kappa shape index (κ1) is 17.6. The number of anilines is 1. The molecule has 1 N–H and O–H groups in total. The molecule has 4 rings (SSSR count). The fourth-order valence-electron chi connectivity index (χ4n) is 3.61. The average molecular weight is 367 g/mol. The first-order valence-corrected chi connectivity index (χ1v) is 9.48. The molecule has 1 aliphatic carbocycles. The third-order valence-corrected chi connectivity index (χ3v) is 4.86. The average Bonchev–Trinajstić information content (AvgIpc) is 3.05. The molecule has 0 fully saturated rings. The molecule has 0 atom stereocenters. The summed E-state index contributed by atoms with van der Waals surface area (Å²) in [6.45, 7) is 5.13. The first-order valence-electron chi connectivity index (χ1n) is 9.48. The second-order valence-electron chi connectivity index (χ2n) is 6.74. The number of aromatic nitrogens is 4. The van der Waals surface area contributed by atoms with Crippen LogP contribution >= 0.6 is 0 Å². The quantitative estimate of drug-likeness (QED) is 0.720. The summed E-state index contributed by atoms with van der Waals surface area (Å²) in [5, 5.41) is 8.11. The zero-order valence-corrected chi connectivity index (χ0v) is 16.1. The topological polar surface area (TPSA) is 73.6 Å². The summed E-state index contributed by atoms with van der Waals surface area (Å²) in [6, 6.07) is 6.02. The molecule has 2 heterocycles. The fraction of sp³-hybridized carbons (Fsp3) is 0.450. The van der Waals surface area contributed by atoms with Crippen LogP contribution in [0.15, 0.2) is 18.2 Å². The van der Waals surface area contributed by atoms with Gasteiger partial charge in [0.25, 0.3) is 5.78 Å². The smallest absolute Gasteiger partial charge is 0.254 e. The summed E-state index contributed by atoms with van der Waals surface area (Å²) in [4.78, 5) is 9.19. The van der Waals surface area contributed by atoms with Crippen LogP contribution in [0, 0.1) is 6.92 Å². The van der Waals surface area contributed by atoms with Crippen LogP contribution in [0.25, 0.3) is 5.78 Å². The number of ether oxygens (including phenoxy) is 2. The van der Waals surface area contributed by atoms with E-state index in [1.165, 1.54) is 18.4 Å². The maximum Gasteiger partial charge on any atom is 0.254 e. The Morgan fingerprint density at radius 1 is 1.15 bits per heavy atom. The Morgan fingerprint density at radius 2 is 2.00 bits per heavy atom. The monoisotopic (exact) mass is 367 g/mol. The van der Waals surface area contributed by atoms with E-state index in [1.54, 1.807) is 7.11 Å². The number of rotatable bonds is 6. The molecule has 0 saturated heterocycles. The number of benzene rings is 1. The zero-order chi connectivity index (χ0) is 18.8. The molecule has 1 aromatic carbocycles. The lowest BCUT2D eigenvalue weighted by Crippen LogP contribution is -2.15. The highest BCUT2D eigenvalue weighted by molar-refractivity contribution is 5.54. The van der Waals surface area contributed by atoms with E-state index in [0.29, 0.717) is 18.9 Å². The molecule has 0 bridgehead atoms. The van der Waals surface area contributed by atoms with Crippen LogP contribution < -0.4 is 14.8 Å². The summed E-state index contributed by atoms with van der Waals surface area (Å²) in [7, 11) is 1.66. The van der Waals surface area contributed by atoms with Crippen LogP contribution in [0.2, 0.25) is 0 Å². The number of fused-ring (bicyclic) bond motifs is 2. The zero-order valence-electron chi connectivity index (χ0n) is 16.1.